The minimum atomic E-state index is 0.290. The number of rotatable bonds is 2. The van der Waals surface area contributed by atoms with Gasteiger partial charge in [0.2, 0.25) is 0 Å². The maximum Gasteiger partial charge on any atom is 0.151 e. The standard InChI is InChI=1S/C13H9ClN4O/c14-11-4-10(6-16-12(11)15)18-2-1-9-3-8(7-19)5-17-13(9)18/h1-7H,(H2,15,16). The second-order valence-corrected chi connectivity index (χ2v) is 4.45. The van der Waals surface area contributed by atoms with E-state index in [0.29, 0.717) is 10.6 Å². The van der Waals surface area contributed by atoms with Crippen LogP contribution in [0.25, 0.3) is 16.7 Å². The number of hydrogen-bond donors (Lipinski definition) is 1. The number of halogens is 1. The molecule has 0 saturated carbocycles. The van der Waals surface area contributed by atoms with Crippen molar-refractivity contribution < 1.29 is 4.79 Å². The van der Waals surface area contributed by atoms with Crippen LogP contribution in [0, 0.1) is 0 Å². The molecule has 3 rings (SSSR count). The molecule has 0 aliphatic rings. The summed E-state index contributed by atoms with van der Waals surface area (Å²) in [6.45, 7) is 0. The second kappa shape index (κ2) is 4.37. The van der Waals surface area contributed by atoms with E-state index in [0.717, 1.165) is 23.0 Å². The fourth-order valence-corrected chi connectivity index (χ4v) is 2.04. The van der Waals surface area contributed by atoms with Gasteiger partial charge in [-0.2, -0.15) is 0 Å². The Morgan fingerprint density at radius 1 is 1.26 bits per heavy atom. The molecule has 2 N–H and O–H groups in total. The Balaban J connectivity index is 2.19. The van der Waals surface area contributed by atoms with Crippen LogP contribution in [0.4, 0.5) is 5.82 Å². The van der Waals surface area contributed by atoms with E-state index in [4.69, 9.17) is 17.3 Å². The molecule has 6 heteroatoms. The predicted octanol–water partition coefficient (Wildman–Crippen LogP) is 2.47. The monoisotopic (exact) mass is 272 g/mol. The number of aromatic nitrogens is 3. The van der Waals surface area contributed by atoms with Crippen LogP contribution in [0.15, 0.2) is 36.8 Å². The topological polar surface area (TPSA) is 73.8 Å². The number of anilines is 1. The van der Waals surface area contributed by atoms with Crippen LogP contribution in [0.1, 0.15) is 10.4 Å². The average molecular weight is 273 g/mol. The van der Waals surface area contributed by atoms with E-state index in [2.05, 4.69) is 9.97 Å². The molecule has 94 valence electrons. The number of nitrogens with zero attached hydrogens (tertiary/aromatic N) is 3. The fourth-order valence-electron chi connectivity index (χ4n) is 1.88. The molecule has 0 fully saturated rings. The third-order valence-electron chi connectivity index (χ3n) is 2.82. The van der Waals surface area contributed by atoms with E-state index in [1.54, 1.807) is 18.3 Å². The number of aldehydes is 1. The first-order valence-electron chi connectivity index (χ1n) is 5.53. The highest BCUT2D eigenvalue weighted by Gasteiger charge is 2.07. The molecule has 5 nitrogen and oxygen atoms in total. The van der Waals surface area contributed by atoms with E-state index < -0.39 is 0 Å². The average Bonchev–Trinajstić information content (AvgIpc) is 2.84. The van der Waals surface area contributed by atoms with E-state index in [9.17, 15) is 4.79 Å². The molecule has 3 heterocycles. The van der Waals surface area contributed by atoms with Crippen LogP contribution in [-0.4, -0.2) is 20.8 Å². The summed E-state index contributed by atoms with van der Waals surface area (Å²) in [4.78, 5) is 19.0. The van der Waals surface area contributed by atoms with Gasteiger partial charge in [-0.3, -0.25) is 9.36 Å². The SMILES string of the molecule is Nc1ncc(-n2ccc3cc(C=O)cnc32)cc1Cl. The van der Waals surface area contributed by atoms with E-state index in [1.165, 1.54) is 6.20 Å². The molecule has 3 aromatic heterocycles. The van der Waals surface area contributed by atoms with Crippen molar-refractivity contribution in [1.82, 2.24) is 14.5 Å². The Morgan fingerprint density at radius 3 is 2.84 bits per heavy atom. The molecule has 0 unspecified atom stereocenters. The summed E-state index contributed by atoms with van der Waals surface area (Å²) in [5.74, 6) is 0.290. The molecule has 0 amide bonds. The lowest BCUT2D eigenvalue weighted by Gasteiger charge is -2.06. The van der Waals surface area contributed by atoms with Crippen LogP contribution in [-0.2, 0) is 0 Å². The fraction of sp³-hybridized carbons (Fsp3) is 0. The Labute approximate surface area is 113 Å². The van der Waals surface area contributed by atoms with Gasteiger partial charge in [0.25, 0.3) is 0 Å². The highest BCUT2D eigenvalue weighted by molar-refractivity contribution is 6.32. The number of carbonyl (C=O) groups is 1. The Hall–Kier alpha value is -2.40. The summed E-state index contributed by atoms with van der Waals surface area (Å²) in [6.07, 6.45) is 5.76. The van der Waals surface area contributed by atoms with Crippen molar-refractivity contribution in [2.24, 2.45) is 0 Å². The summed E-state index contributed by atoms with van der Waals surface area (Å²) in [5, 5.41) is 1.27. The number of nitrogens with two attached hydrogens (primary N) is 1. The van der Waals surface area contributed by atoms with E-state index in [-0.39, 0.29) is 5.82 Å². The van der Waals surface area contributed by atoms with Crippen molar-refractivity contribution in [1.29, 1.82) is 0 Å². The van der Waals surface area contributed by atoms with Crippen molar-refractivity contribution in [2.75, 3.05) is 5.73 Å². The lowest BCUT2D eigenvalue weighted by molar-refractivity contribution is 0.112. The zero-order chi connectivity index (χ0) is 13.4. The molecular formula is C13H9ClN4O. The lowest BCUT2D eigenvalue weighted by atomic mass is 10.2. The van der Waals surface area contributed by atoms with Gasteiger partial charge in [-0.25, -0.2) is 9.97 Å². The Morgan fingerprint density at radius 2 is 2.11 bits per heavy atom. The van der Waals surface area contributed by atoms with Crippen molar-refractivity contribution in [3.8, 4) is 5.69 Å². The second-order valence-electron chi connectivity index (χ2n) is 4.05. The summed E-state index contributed by atoms with van der Waals surface area (Å²) in [7, 11) is 0. The predicted molar refractivity (Wildman–Crippen MR) is 73.7 cm³/mol. The number of carbonyl (C=O) groups excluding carboxylic acids is 1. The number of pyridine rings is 2. The molecule has 0 saturated heterocycles. The van der Waals surface area contributed by atoms with Gasteiger partial charge < -0.3 is 5.73 Å². The first kappa shape index (κ1) is 11.7. The van der Waals surface area contributed by atoms with Crippen LogP contribution >= 0.6 is 11.6 Å². The summed E-state index contributed by atoms with van der Waals surface area (Å²) in [6, 6.07) is 5.37. The Bertz CT molecular complexity index is 781. The normalized spacial score (nSPS) is 10.8. The molecule has 19 heavy (non-hydrogen) atoms. The van der Waals surface area contributed by atoms with Crippen molar-refractivity contribution >= 4 is 34.7 Å². The summed E-state index contributed by atoms with van der Waals surface area (Å²) in [5.41, 5.74) is 7.62. The smallest absolute Gasteiger partial charge is 0.151 e. The van der Waals surface area contributed by atoms with Crippen LogP contribution in [0.3, 0.4) is 0 Å². The van der Waals surface area contributed by atoms with Crippen molar-refractivity contribution in [3.63, 3.8) is 0 Å². The van der Waals surface area contributed by atoms with Crippen molar-refractivity contribution in [2.45, 2.75) is 0 Å². The van der Waals surface area contributed by atoms with Crippen LogP contribution < -0.4 is 5.73 Å². The van der Waals surface area contributed by atoms with Gasteiger partial charge in [-0.15, -0.1) is 0 Å². The highest BCUT2D eigenvalue weighted by atomic mass is 35.5. The minimum absolute atomic E-state index is 0.290. The molecule has 0 aliphatic carbocycles. The molecule has 0 aliphatic heterocycles. The van der Waals surface area contributed by atoms with Gasteiger partial charge in [0.1, 0.15) is 11.5 Å². The molecule has 3 aromatic rings. The van der Waals surface area contributed by atoms with Gasteiger partial charge in [0.05, 0.1) is 16.9 Å². The van der Waals surface area contributed by atoms with Gasteiger partial charge >= 0.3 is 0 Å². The number of nitrogen functional groups attached to an aromatic ring is 1. The summed E-state index contributed by atoms with van der Waals surface area (Å²) < 4.78 is 1.84. The van der Waals surface area contributed by atoms with Gasteiger partial charge in [-0.05, 0) is 18.2 Å². The Kier molecular flexibility index (Phi) is 2.68. The maximum absolute atomic E-state index is 10.7. The quantitative estimate of drug-likeness (QED) is 0.727. The van der Waals surface area contributed by atoms with Gasteiger partial charge in [0, 0.05) is 23.3 Å². The number of fused-ring (bicyclic) bond motifs is 1. The van der Waals surface area contributed by atoms with E-state index in [1.807, 2.05) is 16.8 Å². The molecular weight excluding hydrogens is 264 g/mol. The zero-order valence-corrected chi connectivity index (χ0v) is 10.5. The number of hydrogen-bond acceptors (Lipinski definition) is 4. The largest absolute Gasteiger partial charge is 0.382 e. The highest BCUT2D eigenvalue weighted by Crippen LogP contribution is 2.23. The molecule has 0 bridgehead atoms. The minimum Gasteiger partial charge on any atom is -0.382 e. The molecule has 0 radical (unpaired) electrons. The first-order chi connectivity index (χ1) is 9.19. The third kappa shape index (κ3) is 1.94. The molecule has 0 aromatic carbocycles. The zero-order valence-electron chi connectivity index (χ0n) is 9.75. The lowest BCUT2D eigenvalue weighted by Crippen LogP contribution is -1.98. The molecule has 0 atom stereocenters. The first-order valence-corrected chi connectivity index (χ1v) is 5.90. The summed E-state index contributed by atoms with van der Waals surface area (Å²) >= 11 is 5.96. The van der Waals surface area contributed by atoms with Crippen LogP contribution in [0.5, 0.6) is 0 Å². The van der Waals surface area contributed by atoms with Crippen LogP contribution in [0.2, 0.25) is 5.02 Å². The molecule has 0 spiro atoms. The maximum atomic E-state index is 10.7. The van der Waals surface area contributed by atoms with Gasteiger partial charge in [-0.1, -0.05) is 11.6 Å². The van der Waals surface area contributed by atoms with Gasteiger partial charge in [0.15, 0.2) is 6.29 Å². The third-order valence-corrected chi connectivity index (χ3v) is 3.12. The van der Waals surface area contributed by atoms with E-state index >= 15 is 0 Å². The van der Waals surface area contributed by atoms with Crippen molar-refractivity contribution in [3.05, 3.63) is 47.4 Å².